The number of thiazole rings is 1. The summed E-state index contributed by atoms with van der Waals surface area (Å²) in [5.74, 6) is 0.412. The number of nitro benzene ring substituents is 1. The number of nitrogens with zero attached hydrogens (tertiary/aromatic N) is 2. The molecule has 2 rings (SSSR count). The molecule has 0 N–H and O–H groups in total. The van der Waals surface area contributed by atoms with Crippen molar-refractivity contribution in [1.29, 1.82) is 0 Å². The van der Waals surface area contributed by atoms with E-state index >= 15 is 0 Å². The van der Waals surface area contributed by atoms with Gasteiger partial charge in [-0.1, -0.05) is 11.6 Å². The minimum absolute atomic E-state index is 0.0579. The Morgan fingerprint density at radius 3 is 2.89 bits per heavy atom. The maximum Gasteiger partial charge on any atom is 0.271 e. The molecule has 0 aliphatic rings. The molecule has 0 saturated carbocycles. The van der Waals surface area contributed by atoms with Gasteiger partial charge in [0.15, 0.2) is 0 Å². The van der Waals surface area contributed by atoms with Gasteiger partial charge >= 0.3 is 0 Å². The summed E-state index contributed by atoms with van der Waals surface area (Å²) in [5, 5.41) is 11.6. The lowest BCUT2D eigenvalue weighted by atomic mass is 10.3. The number of hydrogen-bond acceptors (Lipinski definition) is 5. The number of rotatable bonds is 4. The molecule has 0 atom stereocenters. The fourth-order valence-electron chi connectivity index (χ4n) is 1.33. The van der Waals surface area contributed by atoms with Gasteiger partial charge in [0.1, 0.15) is 17.4 Å². The minimum atomic E-state index is -0.500. The highest BCUT2D eigenvalue weighted by atomic mass is 35.5. The highest BCUT2D eigenvalue weighted by Gasteiger charge is 2.10. The Morgan fingerprint density at radius 1 is 1.56 bits per heavy atom. The molecule has 0 spiro atoms. The van der Waals surface area contributed by atoms with Gasteiger partial charge in [0.25, 0.3) is 5.69 Å². The van der Waals surface area contributed by atoms with Crippen molar-refractivity contribution in [2.75, 3.05) is 0 Å². The SMILES string of the molecule is Cc1cnc(COc2ccc([N+](=O)[O-])cc2Cl)s1. The van der Waals surface area contributed by atoms with Crippen LogP contribution in [0.1, 0.15) is 9.88 Å². The average molecular weight is 285 g/mol. The largest absolute Gasteiger partial charge is 0.485 e. The maximum atomic E-state index is 10.5. The van der Waals surface area contributed by atoms with Crippen LogP contribution in [0.3, 0.4) is 0 Å². The van der Waals surface area contributed by atoms with E-state index < -0.39 is 4.92 Å². The second-order valence-electron chi connectivity index (χ2n) is 3.53. The van der Waals surface area contributed by atoms with Gasteiger partial charge < -0.3 is 4.74 Å². The summed E-state index contributed by atoms with van der Waals surface area (Å²) in [7, 11) is 0. The predicted octanol–water partition coefficient (Wildman–Crippen LogP) is 3.59. The molecule has 1 aromatic heterocycles. The molecule has 0 bridgehead atoms. The third-order valence-electron chi connectivity index (χ3n) is 2.15. The van der Waals surface area contributed by atoms with E-state index in [2.05, 4.69) is 4.98 Å². The number of ether oxygens (including phenoxy) is 1. The summed E-state index contributed by atoms with van der Waals surface area (Å²) in [4.78, 5) is 15.3. The molecule has 0 fully saturated rings. The van der Waals surface area contributed by atoms with Crippen molar-refractivity contribution < 1.29 is 9.66 Å². The highest BCUT2D eigenvalue weighted by Crippen LogP contribution is 2.29. The van der Waals surface area contributed by atoms with Crippen LogP contribution in [0.5, 0.6) is 5.75 Å². The Morgan fingerprint density at radius 2 is 2.33 bits per heavy atom. The molecule has 2 aromatic rings. The number of nitro groups is 1. The highest BCUT2D eigenvalue weighted by molar-refractivity contribution is 7.11. The first-order valence-electron chi connectivity index (χ1n) is 5.04. The monoisotopic (exact) mass is 284 g/mol. The summed E-state index contributed by atoms with van der Waals surface area (Å²) in [6.45, 7) is 2.26. The summed E-state index contributed by atoms with van der Waals surface area (Å²) in [6, 6.07) is 4.11. The zero-order chi connectivity index (χ0) is 13.1. The molecule has 0 aliphatic heterocycles. The van der Waals surface area contributed by atoms with E-state index in [-0.39, 0.29) is 10.7 Å². The standard InChI is InChI=1S/C11H9ClN2O3S/c1-7-5-13-11(18-7)6-17-10-3-2-8(14(15)16)4-9(10)12/h2-5H,6H2,1H3. The van der Waals surface area contributed by atoms with Crippen molar-refractivity contribution in [2.45, 2.75) is 13.5 Å². The molecule has 0 amide bonds. The molecular formula is C11H9ClN2O3S. The predicted molar refractivity (Wildman–Crippen MR) is 69.3 cm³/mol. The van der Waals surface area contributed by atoms with Crippen molar-refractivity contribution in [3.8, 4) is 5.75 Å². The molecule has 7 heteroatoms. The van der Waals surface area contributed by atoms with Gasteiger partial charge in [-0.2, -0.15) is 0 Å². The quantitative estimate of drug-likeness (QED) is 0.635. The van der Waals surface area contributed by atoms with Crippen LogP contribution >= 0.6 is 22.9 Å². The van der Waals surface area contributed by atoms with E-state index in [1.807, 2.05) is 6.92 Å². The Balaban J connectivity index is 2.08. The number of hydrogen-bond donors (Lipinski definition) is 0. The number of aryl methyl sites for hydroxylation is 1. The number of benzene rings is 1. The molecule has 0 radical (unpaired) electrons. The Kier molecular flexibility index (Phi) is 3.78. The van der Waals surface area contributed by atoms with Crippen LogP contribution < -0.4 is 4.74 Å². The van der Waals surface area contributed by atoms with Crippen LogP contribution in [0.2, 0.25) is 5.02 Å². The van der Waals surface area contributed by atoms with E-state index in [1.165, 1.54) is 29.5 Å². The molecule has 1 aromatic carbocycles. The van der Waals surface area contributed by atoms with Gasteiger partial charge in [-0.25, -0.2) is 4.98 Å². The van der Waals surface area contributed by atoms with Crippen LogP contribution in [-0.4, -0.2) is 9.91 Å². The lowest BCUT2D eigenvalue weighted by Crippen LogP contribution is -1.96. The third-order valence-corrected chi connectivity index (χ3v) is 3.33. The molecular weight excluding hydrogens is 276 g/mol. The molecule has 1 heterocycles. The second kappa shape index (κ2) is 5.32. The van der Waals surface area contributed by atoms with Gasteiger partial charge in [0, 0.05) is 23.2 Å². The van der Waals surface area contributed by atoms with E-state index in [9.17, 15) is 10.1 Å². The van der Waals surface area contributed by atoms with Crippen molar-refractivity contribution in [3.63, 3.8) is 0 Å². The molecule has 0 saturated heterocycles. The Labute approximate surface area is 112 Å². The Bertz CT molecular complexity index is 585. The van der Waals surface area contributed by atoms with Gasteiger partial charge in [-0.15, -0.1) is 11.3 Å². The van der Waals surface area contributed by atoms with Gasteiger partial charge in [-0.3, -0.25) is 10.1 Å². The van der Waals surface area contributed by atoms with Crippen LogP contribution in [0, 0.1) is 17.0 Å². The van der Waals surface area contributed by atoms with Crippen LogP contribution in [0.15, 0.2) is 24.4 Å². The fourth-order valence-corrected chi connectivity index (χ4v) is 2.26. The summed E-state index contributed by atoms with van der Waals surface area (Å²) in [5.41, 5.74) is -0.0579. The van der Waals surface area contributed by atoms with E-state index in [0.29, 0.717) is 12.4 Å². The van der Waals surface area contributed by atoms with E-state index in [1.54, 1.807) is 6.20 Å². The first-order valence-corrected chi connectivity index (χ1v) is 6.24. The van der Waals surface area contributed by atoms with Crippen LogP contribution in [0.4, 0.5) is 5.69 Å². The van der Waals surface area contributed by atoms with E-state index in [4.69, 9.17) is 16.3 Å². The third kappa shape index (κ3) is 2.96. The zero-order valence-electron chi connectivity index (χ0n) is 9.42. The van der Waals surface area contributed by atoms with Crippen molar-refractivity contribution >= 4 is 28.6 Å². The summed E-state index contributed by atoms with van der Waals surface area (Å²) in [6.07, 6.45) is 1.76. The van der Waals surface area contributed by atoms with Gasteiger partial charge in [0.2, 0.25) is 0 Å². The van der Waals surface area contributed by atoms with Gasteiger partial charge in [-0.05, 0) is 13.0 Å². The first-order chi connectivity index (χ1) is 8.56. The first kappa shape index (κ1) is 12.8. The smallest absolute Gasteiger partial charge is 0.271 e. The van der Waals surface area contributed by atoms with Crippen molar-refractivity contribution in [3.05, 3.63) is 49.4 Å². The lowest BCUT2D eigenvalue weighted by Gasteiger charge is -2.05. The molecule has 18 heavy (non-hydrogen) atoms. The van der Waals surface area contributed by atoms with Gasteiger partial charge in [0.05, 0.1) is 9.95 Å². The number of halogens is 1. The zero-order valence-corrected chi connectivity index (χ0v) is 11.0. The topological polar surface area (TPSA) is 65.3 Å². The van der Waals surface area contributed by atoms with Crippen molar-refractivity contribution in [2.24, 2.45) is 0 Å². The summed E-state index contributed by atoms with van der Waals surface area (Å²) < 4.78 is 5.46. The fraction of sp³-hybridized carbons (Fsp3) is 0.182. The normalized spacial score (nSPS) is 10.3. The summed E-state index contributed by atoms with van der Waals surface area (Å²) >= 11 is 7.43. The molecule has 94 valence electrons. The molecule has 0 aliphatic carbocycles. The molecule has 0 unspecified atom stereocenters. The average Bonchev–Trinajstić information content (AvgIpc) is 2.73. The Hall–Kier alpha value is -1.66. The maximum absolute atomic E-state index is 10.5. The number of aromatic nitrogens is 1. The lowest BCUT2D eigenvalue weighted by molar-refractivity contribution is -0.384. The second-order valence-corrected chi connectivity index (χ2v) is 5.25. The van der Waals surface area contributed by atoms with Crippen LogP contribution in [0.25, 0.3) is 0 Å². The van der Waals surface area contributed by atoms with Crippen molar-refractivity contribution in [1.82, 2.24) is 4.98 Å². The van der Waals surface area contributed by atoms with Crippen LogP contribution in [-0.2, 0) is 6.61 Å². The number of non-ortho nitro benzene ring substituents is 1. The minimum Gasteiger partial charge on any atom is -0.485 e. The molecule has 5 nitrogen and oxygen atoms in total. The van der Waals surface area contributed by atoms with E-state index in [0.717, 1.165) is 9.88 Å².